The highest BCUT2D eigenvalue weighted by Crippen LogP contribution is 2.14. The van der Waals surface area contributed by atoms with Gasteiger partial charge in [-0.15, -0.1) is 0 Å². The first-order valence-electron chi connectivity index (χ1n) is 6.17. The molecule has 1 heterocycles. The second kappa shape index (κ2) is 7.04. The zero-order valence-corrected chi connectivity index (χ0v) is 13.2. The fourth-order valence-electron chi connectivity index (χ4n) is 1.88. The highest BCUT2D eigenvalue weighted by Gasteiger charge is 2.05. The van der Waals surface area contributed by atoms with Crippen LogP contribution in [0.15, 0.2) is 47.1 Å². The average Bonchev–Trinajstić information content (AvgIpc) is 2.41. The molecule has 0 fully saturated rings. The third kappa shape index (κ3) is 4.60. The average molecular weight is 340 g/mol. The Kier molecular flexibility index (Phi) is 5.37. The molecular weight excluding hydrogens is 324 g/mol. The smallest absolute Gasteiger partial charge is 0.133 e. The highest BCUT2D eigenvalue weighted by molar-refractivity contribution is 9.10. The normalized spacial score (nSPS) is 10.9. The van der Waals surface area contributed by atoms with E-state index < -0.39 is 0 Å². The maximum Gasteiger partial charge on any atom is 0.133 e. The second-order valence-electron chi connectivity index (χ2n) is 4.57. The van der Waals surface area contributed by atoms with E-state index >= 15 is 0 Å². The molecule has 2 rings (SSSR count). The van der Waals surface area contributed by atoms with E-state index in [1.54, 1.807) is 6.20 Å². The fourth-order valence-corrected chi connectivity index (χ4v) is 2.32. The zero-order chi connectivity index (χ0) is 13.7. The number of nitrogens with zero attached hydrogens (tertiary/aromatic N) is 2. The van der Waals surface area contributed by atoms with E-state index in [2.05, 4.69) is 57.1 Å². The first kappa shape index (κ1) is 14.5. The van der Waals surface area contributed by atoms with Gasteiger partial charge in [0.15, 0.2) is 0 Å². The summed E-state index contributed by atoms with van der Waals surface area (Å²) in [5.74, 6) is 0. The van der Waals surface area contributed by atoms with Crippen LogP contribution < -0.4 is 0 Å². The summed E-state index contributed by atoms with van der Waals surface area (Å²) in [6.07, 6.45) is 2.75. The summed E-state index contributed by atoms with van der Waals surface area (Å²) < 4.78 is 1.12. The van der Waals surface area contributed by atoms with Crippen molar-refractivity contribution in [3.63, 3.8) is 0 Å². The van der Waals surface area contributed by atoms with Gasteiger partial charge in [-0.1, -0.05) is 45.7 Å². The summed E-state index contributed by atoms with van der Waals surface area (Å²) in [5, 5.41) is 0.595. The maximum absolute atomic E-state index is 6.06. The lowest BCUT2D eigenvalue weighted by atomic mass is 10.1. The predicted octanol–water partition coefficient (Wildman–Crippen LogP) is 4.17. The molecule has 1 aromatic heterocycles. The fraction of sp³-hybridized carbons (Fsp3) is 0.267. The molecule has 0 saturated heterocycles. The van der Waals surface area contributed by atoms with Crippen molar-refractivity contribution >= 4 is 27.5 Å². The van der Waals surface area contributed by atoms with Crippen molar-refractivity contribution in [1.82, 2.24) is 9.88 Å². The minimum absolute atomic E-state index is 0.595. The Bertz CT molecular complexity index is 528. The first-order valence-corrected chi connectivity index (χ1v) is 7.34. The van der Waals surface area contributed by atoms with E-state index in [-0.39, 0.29) is 0 Å². The van der Waals surface area contributed by atoms with Crippen molar-refractivity contribution in [3.8, 4) is 0 Å². The van der Waals surface area contributed by atoms with Gasteiger partial charge in [0, 0.05) is 29.3 Å². The predicted molar refractivity (Wildman–Crippen MR) is 83.4 cm³/mol. The molecule has 0 radical (unpaired) electrons. The van der Waals surface area contributed by atoms with Crippen LogP contribution in [0.1, 0.15) is 11.1 Å². The number of likely N-dealkylation sites (N-methyl/N-ethyl adjacent to an activating group) is 1. The van der Waals surface area contributed by atoms with E-state index in [0.717, 1.165) is 29.5 Å². The number of hydrogen-bond acceptors (Lipinski definition) is 2. The van der Waals surface area contributed by atoms with Gasteiger partial charge in [-0.3, -0.25) is 0 Å². The minimum Gasteiger partial charge on any atom is -0.302 e. The van der Waals surface area contributed by atoms with E-state index in [9.17, 15) is 0 Å². The van der Waals surface area contributed by atoms with Crippen LogP contribution in [0.4, 0.5) is 0 Å². The molecule has 0 atom stereocenters. The van der Waals surface area contributed by atoms with Crippen molar-refractivity contribution in [3.05, 3.63) is 63.3 Å². The summed E-state index contributed by atoms with van der Waals surface area (Å²) in [7, 11) is 2.10. The van der Waals surface area contributed by atoms with Gasteiger partial charge in [0.05, 0.1) is 0 Å². The van der Waals surface area contributed by atoms with Gasteiger partial charge in [0.2, 0.25) is 0 Å². The van der Waals surface area contributed by atoms with Gasteiger partial charge in [-0.05, 0) is 37.2 Å². The third-order valence-electron chi connectivity index (χ3n) is 2.97. The monoisotopic (exact) mass is 338 g/mol. The number of hydrogen-bond donors (Lipinski definition) is 0. The van der Waals surface area contributed by atoms with Crippen molar-refractivity contribution in [1.29, 1.82) is 0 Å². The molecule has 0 amide bonds. The standard InChI is InChI=1S/C15H16BrClN2/c1-19(11-13-3-2-9-18-15(13)17)10-8-12-4-6-14(16)7-5-12/h2-7,9H,8,10-11H2,1H3. The number of benzene rings is 1. The van der Waals surface area contributed by atoms with Gasteiger partial charge in [-0.2, -0.15) is 0 Å². The highest BCUT2D eigenvalue weighted by atomic mass is 79.9. The van der Waals surface area contributed by atoms with Gasteiger partial charge >= 0.3 is 0 Å². The molecule has 4 heteroatoms. The summed E-state index contributed by atoms with van der Waals surface area (Å²) in [4.78, 5) is 6.35. The Labute approximate surface area is 127 Å². The van der Waals surface area contributed by atoms with Crippen LogP contribution >= 0.6 is 27.5 Å². The molecule has 0 spiro atoms. The Balaban J connectivity index is 1.86. The summed E-state index contributed by atoms with van der Waals surface area (Å²) in [6, 6.07) is 12.4. The molecule has 0 aliphatic rings. The lowest BCUT2D eigenvalue weighted by molar-refractivity contribution is 0.331. The lowest BCUT2D eigenvalue weighted by Crippen LogP contribution is -2.21. The Hall–Kier alpha value is -0.900. The molecule has 1 aromatic carbocycles. The lowest BCUT2D eigenvalue weighted by Gasteiger charge is -2.17. The van der Waals surface area contributed by atoms with E-state index in [1.165, 1.54) is 5.56 Å². The Morgan fingerprint density at radius 2 is 1.95 bits per heavy atom. The molecule has 0 unspecified atom stereocenters. The number of halogens is 2. The van der Waals surface area contributed by atoms with E-state index in [4.69, 9.17) is 11.6 Å². The van der Waals surface area contributed by atoms with Crippen LogP contribution in [0.25, 0.3) is 0 Å². The molecule has 0 N–H and O–H groups in total. The molecule has 19 heavy (non-hydrogen) atoms. The van der Waals surface area contributed by atoms with Crippen LogP contribution in [0.3, 0.4) is 0 Å². The number of pyridine rings is 1. The molecule has 2 nitrogen and oxygen atoms in total. The topological polar surface area (TPSA) is 16.1 Å². The molecule has 0 bridgehead atoms. The van der Waals surface area contributed by atoms with Gasteiger partial charge in [0.1, 0.15) is 5.15 Å². The quantitative estimate of drug-likeness (QED) is 0.760. The van der Waals surface area contributed by atoms with Crippen molar-refractivity contribution in [2.75, 3.05) is 13.6 Å². The van der Waals surface area contributed by atoms with Crippen LogP contribution in [-0.4, -0.2) is 23.5 Å². The number of aromatic nitrogens is 1. The zero-order valence-electron chi connectivity index (χ0n) is 10.8. The molecule has 100 valence electrons. The van der Waals surface area contributed by atoms with Crippen molar-refractivity contribution in [2.45, 2.75) is 13.0 Å². The molecule has 0 aliphatic heterocycles. The SMILES string of the molecule is CN(CCc1ccc(Br)cc1)Cc1cccnc1Cl. The Morgan fingerprint density at radius 3 is 2.63 bits per heavy atom. The van der Waals surface area contributed by atoms with Crippen LogP contribution in [0.2, 0.25) is 5.15 Å². The number of rotatable bonds is 5. The summed E-state index contributed by atoms with van der Waals surface area (Å²) >= 11 is 9.51. The second-order valence-corrected chi connectivity index (χ2v) is 5.84. The van der Waals surface area contributed by atoms with E-state index in [0.29, 0.717) is 5.15 Å². The van der Waals surface area contributed by atoms with Crippen LogP contribution in [-0.2, 0) is 13.0 Å². The largest absolute Gasteiger partial charge is 0.302 e. The van der Waals surface area contributed by atoms with Gasteiger partial charge in [-0.25, -0.2) is 4.98 Å². The summed E-state index contributed by atoms with van der Waals surface area (Å²) in [6.45, 7) is 1.82. The molecule has 0 aliphatic carbocycles. The molecular formula is C15H16BrClN2. The minimum atomic E-state index is 0.595. The molecule has 0 saturated carbocycles. The van der Waals surface area contributed by atoms with Crippen molar-refractivity contribution in [2.24, 2.45) is 0 Å². The first-order chi connectivity index (χ1) is 9.15. The van der Waals surface area contributed by atoms with Crippen molar-refractivity contribution < 1.29 is 0 Å². The van der Waals surface area contributed by atoms with E-state index in [1.807, 2.05) is 12.1 Å². The summed E-state index contributed by atoms with van der Waals surface area (Å²) in [5.41, 5.74) is 2.41. The van der Waals surface area contributed by atoms with Gasteiger partial charge < -0.3 is 4.90 Å². The van der Waals surface area contributed by atoms with Gasteiger partial charge in [0.25, 0.3) is 0 Å². The van der Waals surface area contributed by atoms with Crippen LogP contribution in [0.5, 0.6) is 0 Å². The van der Waals surface area contributed by atoms with Crippen LogP contribution in [0, 0.1) is 0 Å². The maximum atomic E-state index is 6.06. The Morgan fingerprint density at radius 1 is 1.21 bits per heavy atom. The third-order valence-corrected chi connectivity index (χ3v) is 3.84. The molecule has 2 aromatic rings.